The number of carbonyl (C=O) groups excluding carboxylic acids is 1. The number of fused-ring (bicyclic) bond motifs is 3. The van der Waals surface area contributed by atoms with Gasteiger partial charge in [0.25, 0.3) is 0 Å². The topological polar surface area (TPSA) is 93.9 Å². The van der Waals surface area contributed by atoms with Crippen LogP contribution in [0.25, 0.3) is 6.08 Å². The molecule has 2 aliphatic rings. The highest BCUT2D eigenvalue weighted by atomic mass is 19.1. The first-order chi connectivity index (χ1) is 13.0. The van der Waals surface area contributed by atoms with Crippen LogP contribution in [-0.2, 0) is 4.79 Å². The second kappa shape index (κ2) is 5.96. The van der Waals surface area contributed by atoms with Gasteiger partial charge in [0, 0.05) is 6.20 Å². The van der Waals surface area contributed by atoms with Gasteiger partial charge in [0.2, 0.25) is 5.91 Å². The summed E-state index contributed by atoms with van der Waals surface area (Å²) in [6.45, 7) is 0. The zero-order valence-corrected chi connectivity index (χ0v) is 14.2. The third-order valence-electron chi connectivity index (χ3n) is 5.48. The van der Waals surface area contributed by atoms with Gasteiger partial charge in [0.1, 0.15) is 11.9 Å². The predicted molar refractivity (Wildman–Crippen MR) is 95.8 cm³/mol. The van der Waals surface area contributed by atoms with Crippen molar-refractivity contribution >= 4 is 12.0 Å². The fourth-order valence-electron chi connectivity index (χ4n) is 4.39. The van der Waals surface area contributed by atoms with E-state index in [1.165, 1.54) is 18.2 Å². The number of hydrogen-bond acceptors (Lipinski definition) is 4. The van der Waals surface area contributed by atoms with E-state index < -0.39 is 35.1 Å². The van der Waals surface area contributed by atoms with Gasteiger partial charge < -0.3 is 10.6 Å². The van der Waals surface area contributed by atoms with Gasteiger partial charge in [-0.3, -0.25) is 4.79 Å². The van der Waals surface area contributed by atoms with E-state index in [2.05, 4.69) is 12.1 Å². The lowest BCUT2D eigenvalue weighted by Gasteiger charge is -2.34. The lowest BCUT2D eigenvalue weighted by molar-refractivity contribution is -0.122. The van der Waals surface area contributed by atoms with Crippen molar-refractivity contribution in [1.29, 1.82) is 10.5 Å². The van der Waals surface area contributed by atoms with Crippen LogP contribution in [0.5, 0.6) is 0 Å². The highest BCUT2D eigenvalue weighted by molar-refractivity contribution is 5.83. The molecule has 0 unspecified atom stereocenters. The molecule has 4 rings (SSSR count). The molecule has 2 aromatic carbocycles. The van der Waals surface area contributed by atoms with Crippen molar-refractivity contribution in [2.45, 2.75) is 18.0 Å². The van der Waals surface area contributed by atoms with Gasteiger partial charge >= 0.3 is 0 Å². The summed E-state index contributed by atoms with van der Waals surface area (Å²) in [6, 6.07) is 15.8. The fraction of sp³-hybridized carbons (Fsp3) is 0.190. The van der Waals surface area contributed by atoms with E-state index >= 15 is 0 Å². The average molecular weight is 358 g/mol. The standard InChI is InChI=1S/C21H15FN4O/c22-16-8-4-3-7-15(16)17-18(20(25)27)26-10-9-13-5-1-2-6-14(13)19(26)21(17,11-23)12-24/h1-10,17-19H,(H2,25,27)/t17-,18+,19+/m1/s1. The molecule has 0 saturated carbocycles. The van der Waals surface area contributed by atoms with Gasteiger partial charge in [-0.25, -0.2) is 4.39 Å². The Hall–Kier alpha value is -3.64. The van der Waals surface area contributed by atoms with Crippen LogP contribution in [0.15, 0.2) is 54.7 Å². The Morgan fingerprint density at radius 2 is 1.70 bits per heavy atom. The van der Waals surface area contributed by atoms with E-state index in [0.29, 0.717) is 0 Å². The molecule has 1 fully saturated rings. The van der Waals surface area contributed by atoms with Crippen LogP contribution >= 0.6 is 0 Å². The highest BCUT2D eigenvalue weighted by Crippen LogP contribution is 2.59. The maximum absolute atomic E-state index is 14.7. The van der Waals surface area contributed by atoms with Crippen LogP contribution in [-0.4, -0.2) is 16.8 Å². The number of nitrogens with zero attached hydrogens (tertiary/aromatic N) is 3. The van der Waals surface area contributed by atoms with Gasteiger partial charge in [-0.05, 0) is 28.8 Å². The lowest BCUT2D eigenvalue weighted by Crippen LogP contribution is -2.42. The highest BCUT2D eigenvalue weighted by Gasteiger charge is 2.64. The molecule has 2 N–H and O–H groups in total. The SMILES string of the molecule is N#CC1(C#N)[C@H](c2ccccc2F)[C@@H](C(N)=O)N2C=Cc3ccccc3[C@H]21. The van der Waals surface area contributed by atoms with Gasteiger partial charge in [-0.2, -0.15) is 10.5 Å². The maximum atomic E-state index is 14.7. The number of nitrogens with two attached hydrogens (primary N) is 1. The molecule has 1 saturated heterocycles. The number of rotatable bonds is 2. The summed E-state index contributed by atoms with van der Waals surface area (Å²) in [7, 11) is 0. The smallest absolute Gasteiger partial charge is 0.240 e. The molecule has 0 bridgehead atoms. The maximum Gasteiger partial charge on any atom is 0.240 e. The van der Waals surface area contributed by atoms with E-state index in [1.54, 1.807) is 17.2 Å². The van der Waals surface area contributed by atoms with Crippen molar-refractivity contribution in [2.75, 3.05) is 0 Å². The molecule has 2 aromatic rings. The lowest BCUT2D eigenvalue weighted by atomic mass is 9.68. The summed E-state index contributed by atoms with van der Waals surface area (Å²) in [4.78, 5) is 14.0. The van der Waals surface area contributed by atoms with Gasteiger partial charge in [0.15, 0.2) is 5.41 Å². The summed E-state index contributed by atoms with van der Waals surface area (Å²) in [6.07, 6.45) is 3.48. The number of carbonyl (C=O) groups is 1. The molecule has 0 radical (unpaired) electrons. The van der Waals surface area contributed by atoms with Gasteiger partial charge in [-0.15, -0.1) is 0 Å². The Morgan fingerprint density at radius 3 is 2.33 bits per heavy atom. The predicted octanol–water partition coefficient (Wildman–Crippen LogP) is 2.84. The second-order valence-electron chi connectivity index (χ2n) is 6.73. The van der Waals surface area contributed by atoms with Crippen molar-refractivity contribution in [3.8, 4) is 12.1 Å². The summed E-state index contributed by atoms with van der Waals surface area (Å²) in [5.41, 5.74) is 5.74. The monoisotopic (exact) mass is 358 g/mol. The van der Waals surface area contributed by atoms with E-state index in [1.807, 2.05) is 30.3 Å². The van der Waals surface area contributed by atoms with Crippen LogP contribution < -0.4 is 5.73 Å². The van der Waals surface area contributed by atoms with Crippen LogP contribution in [0, 0.1) is 33.9 Å². The summed E-state index contributed by atoms with van der Waals surface area (Å²) < 4.78 is 14.7. The number of benzene rings is 2. The van der Waals surface area contributed by atoms with E-state index in [-0.39, 0.29) is 5.56 Å². The van der Waals surface area contributed by atoms with Crippen molar-refractivity contribution in [3.63, 3.8) is 0 Å². The summed E-state index contributed by atoms with van der Waals surface area (Å²) in [5, 5.41) is 20.2. The molecule has 6 heteroatoms. The Kier molecular flexibility index (Phi) is 3.71. The number of hydrogen-bond donors (Lipinski definition) is 1. The van der Waals surface area contributed by atoms with Crippen LogP contribution in [0.4, 0.5) is 4.39 Å². The zero-order valence-electron chi connectivity index (χ0n) is 14.2. The molecule has 0 aromatic heterocycles. The normalized spacial score (nSPS) is 24.4. The Morgan fingerprint density at radius 1 is 1.07 bits per heavy atom. The van der Waals surface area contributed by atoms with Crippen LogP contribution in [0.2, 0.25) is 0 Å². The minimum atomic E-state index is -1.68. The number of halogens is 1. The van der Waals surface area contributed by atoms with Crippen LogP contribution in [0.1, 0.15) is 28.7 Å². The average Bonchev–Trinajstić information content (AvgIpc) is 2.99. The molecule has 2 heterocycles. The molecule has 27 heavy (non-hydrogen) atoms. The first-order valence-corrected chi connectivity index (χ1v) is 8.46. The summed E-state index contributed by atoms with van der Waals surface area (Å²) in [5.74, 6) is -2.29. The van der Waals surface area contributed by atoms with Crippen molar-refractivity contribution < 1.29 is 9.18 Å². The molecule has 132 valence electrons. The number of amides is 1. The van der Waals surface area contributed by atoms with Gasteiger partial charge in [0.05, 0.1) is 24.1 Å². The minimum Gasteiger partial charge on any atom is -0.368 e. The molecule has 2 aliphatic heterocycles. The Bertz CT molecular complexity index is 1030. The first kappa shape index (κ1) is 16.8. The number of primary amides is 1. The molecular weight excluding hydrogens is 343 g/mol. The summed E-state index contributed by atoms with van der Waals surface area (Å²) >= 11 is 0. The molecule has 3 atom stereocenters. The molecule has 5 nitrogen and oxygen atoms in total. The largest absolute Gasteiger partial charge is 0.368 e. The molecular formula is C21H15FN4O. The third kappa shape index (κ3) is 2.17. The molecule has 0 spiro atoms. The van der Waals surface area contributed by atoms with E-state index in [0.717, 1.165) is 11.1 Å². The Balaban J connectivity index is 2.04. The quantitative estimate of drug-likeness (QED) is 0.893. The second-order valence-corrected chi connectivity index (χ2v) is 6.73. The third-order valence-corrected chi connectivity index (χ3v) is 5.48. The van der Waals surface area contributed by atoms with Gasteiger partial charge in [-0.1, -0.05) is 42.5 Å². The Labute approximate surface area is 155 Å². The van der Waals surface area contributed by atoms with Crippen molar-refractivity contribution in [1.82, 2.24) is 4.90 Å². The fourth-order valence-corrected chi connectivity index (χ4v) is 4.39. The van der Waals surface area contributed by atoms with Crippen molar-refractivity contribution in [3.05, 3.63) is 77.2 Å². The van der Waals surface area contributed by atoms with Crippen LogP contribution in [0.3, 0.4) is 0 Å². The number of nitriles is 2. The molecule has 0 aliphatic carbocycles. The molecule has 1 amide bonds. The minimum absolute atomic E-state index is 0.143. The zero-order chi connectivity index (χ0) is 19.2. The van der Waals surface area contributed by atoms with Crippen molar-refractivity contribution in [2.24, 2.45) is 11.1 Å². The first-order valence-electron chi connectivity index (χ1n) is 8.46. The van der Waals surface area contributed by atoms with E-state index in [4.69, 9.17) is 5.73 Å². The van der Waals surface area contributed by atoms with E-state index in [9.17, 15) is 19.7 Å².